The maximum atomic E-state index is 12.8. The van der Waals surface area contributed by atoms with E-state index >= 15 is 0 Å². The minimum absolute atomic E-state index is 0.0119. The molecule has 5 nitrogen and oxygen atoms in total. The standard InChI is InChI=1S/C23H36N2O3/c1-2-3-12-25-22(26)21(18-24-17-19-8-5-4-6-9-19)15-20-10-7-11-23(16-20)27-13-14-28-23/h4-6,8-9,20-21,24H,2-3,7,10-18H2,1H3,(H,25,26). The molecule has 2 atom stereocenters. The smallest absolute Gasteiger partial charge is 0.224 e. The first-order chi connectivity index (χ1) is 13.7. The Kier molecular flexibility index (Phi) is 8.31. The van der Waals surface area contributed by atoms with Gasteiger partial charge in [0.15, 0.2) is 5.79 Å². The number of rotatable bonds is 10. The Bertz CT molecular complexity index is 587. The van der Waals surface area contributed by atoms with Crippen LogP contribution in [-0.2, 0) is 20.8 Å². The van der Waals surface area contributed by atoms with E-state index in [1.165, 1.54) is 5.56 Å². The number of carbonyl (C=O) groups is 1. The highest BCUT2D eigenvalue weighted by Gasteiger charge is 2.42. The van der Waals surface area contributed by atoms with Gasteiger partial charge in [-0.25, -0.2) is 0 Å². The first-order valence-corrected chi connectivity index (χ1v) is 11.0. The van der Waals surface area contributed by atoms with Gasteiger partial charge in [0.1, 0.15) is 0 Å². The van der Waals surface area contributed by atoms with Crippen LogP contribution in [0.1, 0.15) is 57.4 Å². The van der Waals surface area contributed by atoms with E-state index < -0.39 is 0 Å². The van der Waals surface area contributed by atoms with Crippen LogP contribution in [0, 0.1) is 11.8 Å². The van der Waals surface area contributed by atoms with Crippen molar-refractivity contribution in [1.29, 1.82) is 0 Å². The van der Waals surface area contributed by atoms with E-state index in [-0.39, 0.29) is 17.6 Å². The Labute approximate surface area is 169 Å². The molecule has 3 rings (SSSR count). The Morgan fingerprint density at radius 3 is 2.79 bits per heavy atom. The van der Waals surface area contributed by atoms with E-state index in [1.54, 1.807) is 0 Å². The number of hydrogen-bond acceptors (Lipinski definition) is 4. The van der Waals surface area contributed by atoms with Crippen molar-refractivity contribution in [2.75, 3.05) is 26.3 Å². The van der Waals surface area contributed by atoms with Crippen LogP contribution < -0.4 is 10.6 Å². The van der Waals surface area contributed by atoms with Gasteiger partial charge in [-0.15, -0.1) is 0 Å². The molecule has 1 aromatic carbocycles. The summed E-state index contributed by atoms with van der Waals surface area (Å²) in [6.45, 7) is 5.82. The minimum Gasteiger partial charge on any atom is -0.356 e. The number of carbonyl (C=O) groups excluding carboxylic acids is 1. The minimum atomic E-state index is -0.371. The Balaban J connectivity index is 1.54. The second-order valence-electron chi connectivity index (χ2n) is 8.26. The molecule has 1 heterocycles. The molecule has 1 spiro atoms. The maximum Gasteiger partial charge on any atom is 0.224 e. The molecule has 2 aliphatic rings. The molecule has 0 bridgehead atoms. The van der Waals surface area contributed by atoms with E-state index in [0.29, 0.717) is 25.7 Å². The largest absolute Gasteiger partial charge is 0.356 e. The normalized spacial score (nSPS) is 22.2. The molecule has 1 aliphatic carbocycles. The summed E-state index contributed by atoms with van der Waals surface area (Å²) in [6, 6.07) is 10.4. The van der Waals surface area contributed by atoms with Gasteiger partial charge in [-0.1, -0.05) is 50.1 Å². The summed E-state index contributed by atoms with van der Waals surface area (Å²) in [5.41, 5.74) is 1.25. The molecule has 2 unspecified atom stereocenters. The summed E-state index contributed by atoms with van der Waals surface area (Å²) < 4.78 is 11.9. The number of amides is 1. The van der Waals surface area contributed by atoms with Gasteiger partial charge in [-0.3, -0.25) is 4.79 Å². The molecule has 0 aromatic heterocycles. The summed E-state index contributed by atoms with van der Waals surface area (Å²) in [7, 11) is 0. The topological polar surface area (TPSA) is 59.6 Å². The van der Waals surface area contributed by atoms with Crippen LogP contribution in [0.4, 0.5) is 0 Å². The highest BCUT2D eigenvalue weighted by molar-refractivity contribution is 5.78. The van der Waals surface area contributed by atoms with Crippen LogP contribution in [-0.4, -0.2) is 38.0 Å². The van der Waals surface area contributed by atoms with Crippen LogP contribution >= 0.6 is 0 Å². The summed E-state index contributed by atoms with van der Waals surface area (Å²) in [5, 5.41) is 6.64. The molecule has 156 valence electrons. The van der Waals surface area contributed by atoms with Crippen molar-refractivity contribution in [3.63, 3.8) is 0 Å². The zero-order chi connectivity index (χ0) is 19.7. The zero-order valence-corrected chi connectivity index (χ0v) is 17.3. The second kappa shape index (κ2) is 10.9. The first kappa shape index (κ1) is 21.3. The molecule has 2 N–H and O–H groups in total. The van der Waals surface area contributed by atoms with Crippen molar-refractivity contribution >= 4 is 5.91 Å². The second-order valence-corrected chi connectivity index (χ2v) is 8.26. The van der Waals surface area contributed by atoms with E-state index in [9.17, 15) is 4.79 Å². The maximum absolute atomic E-state index is 12.8. The van der Waals surface area contributed by atoms with Crippen LogP contribution in [0.15, 0.2) is 30.3 Å². The average Bonchev–Trinajstić information content (AvgIpc) is 3.15. The van der Waals surface area contributed by atoms with E-state index in [1.807, 2.05) is 6.07 Å². The number of ether oxygens (including phenoxy) is 2. The van der Waals surface area contributed by atoms with Crippen LogP contribution in [0.2, 0.25) is 0 Å². The number of benzene rings is 1. The van der Waals surface area contributed by atoms with Crippen LogP contribution in [0.5, 0.6) is 0 Å². The highest BCUT2D eigenvalue weighted by Crippen LogP contribution is 2.40. The molecular weight excluding hydrogens is 352 g/mol. The molecule has 1 saturated carbocycles. The lowest BCUT2D eigenvalue weighted by Crippen LogP contribution is -2.41. The van der Waals surface area contributed by atoms with Crippen molar-refractivity contribution in [1.82, 2.24) is 10.6 Å². The lowest BCUT2D eigenvalue weighted by Gasteiger charge is -2.37. The van der Waals surface area contributed by atoms with Crippen molar-refractivity contribution in [2.45, 2.75) is 64.2 Å². The van der Waals surface area contributed by atoms with Gasteiger partial charge in [0.2, 0.25) is 5.91 Å². The third-order valence-electron chi connectivity index (χ3n) is 5.96. The summed E-state index contributed by atoms with van der Waals surface area (Å²) in [4.78, 5) is 12.8. The lowest BCUT2D eigenvalue weighted by molar-refractivity contribution is -0.188. The number of nitrogens with one attached hydrogen (secondary N) is 2. The monoisotopic (exact) mass is 388 g/mol. The van der Waals surface area contributed by atoms with Gasteiger partial charge in [0, 0.05) is 32.5 Å². The van der Waals surface area contributed by atoms with E-state index in [0.717, 1.165) is 58.0 Å². The van der Waals surface area contributed by atoms with E-state index in [2.05, 4.69) is 41.8 Å². The predicted octanol–water partition coefficient (Wildman–Crippen LogP) is 3.63. The van der Waals surface area contributed by atoms with Gasteiger partial charge in [0.25, 0.3) is 0 Å². The quantitative estimate of drug-likeness (QED) is 0.601. The first-order valence-electron chi connectivity index (χ1n) is 11.0. The van der Waals surface area contributed by atoms with Crippen molar-refractivity contribution in [2.24, 2.45) is 11.8 Å². The van der Waals surface area contributed by atoms with Crippen LogP contribution in [0.3, 0.4) is 0 Å². The summed E-state index contributed by atoms with van der Waals surface area (Å²) >= 11 is 0. The summed E-state index contributed by atoms with van der Waals surface area (Å²) in [6.07, 6.45) is 7.21. The molecule has 2 fully saturated rings. The third-order valence-corrected chi connectivity index (χ3v) is 5.96. The number of hydrogen-bond donors (Lipinski definition) is 2. The zero-order valence-electron chi connectivity index (χ0n) is 17.3. The fourth-order valence-corrected chi connectivity index (χ4v) is 4.47. The molecule has 1 aliphatic heterocycles. The predicted molar refractivity (Wildman–Crippen MR) is 111 cm³/mol. The molecule has 5 heteroatoms. The van der Waals surface area contributed by atoms with Gasteiger partial charge in [0.05, 0.1) is 19.1 Å². The SMILES string of the molecule is CCCCNC(=O)C(CNCc1ccccc1)CC1CCCC2(C1)OCCO2. The third kappa shape index (κ3) is 6.29. The molecule has 1 saturated heterocycles. The lowest BCUT2D eigenvalue weighted by atomic mass is 9.79. The molecule has 28 heavy (non-hydrogen) atoms. The molecule has 0 radical (unpaired) electrons. The Hall–Kier alpha value is -1.43. The summed E-state index contributed by atoms with van der Waals surface area (Å²) in [5.74, 6) is 0.278. The molecule has 1 aromatic rings. The van der Waals surface area contributed by atoms with Crippen molar-refractivity contribution < 1.29 is 14.3 Å². The fraction of sp³-hybridized carbons (Fsp3) is 0.696. The van der Waals surface area contributed by atoms with Crippen molar-refractivity contribution in [3.05, 3.63) is 35.9 Å². The Morgan fingerprint density at radius 1 is 1.25 bits per heavy atom. The van der Waals surface area contributed by atoms with Crippen molar-refractivity contribution in [3.8, 4) is 0 Å². The molecular formula is C23H36N2O3. The van der Waals surface area contributed by atoms with E-state index in [4.69, 9.17) is 9.47 Å². The van der Waals surface area contributed by atoms with Gasteiger partial charge >= 0.3 is 0 Å². The highest BCUT2D eigenvalue weighted by atomic mass is 16.7. The average molecular weight is 389 g/mol. The Morgan fingerprint density at radius 2 is 2.04 bits per heavy atom. The molecule has 1 amide bonds. The number of unbranched alkanes of at least 4 members (excludes halogenated alkanes) is 1. The van der Waals surface area contributed by atoms with Gasteiger partial charge in [-0.2, -0.15) is 0 Å². The van der Waals surface area contributed by atoms with Gasteiger partial charge < -0.3 is 20.1 Å². The van der Waals surface area contributed by atoms with Crippen LogP contribution in [0.25, 0.3) is 0 Å². The fourth-order valence-electron chi connectivity index (χ4n) is 4.47. The van der Waals surface area contributed by atoms with Gasteiger partial charge in [-0.05, 0) is 30.7 Å².